The number of carbonyl (C=O) groups excluding carboxylic acids is 1. The molecule has 1 fully saturated rings. The molecule has 1 aliphatic heterocycles. The first-order valence-corrected chi connectivity index (χ1v) is 5.92. The standard InChI is InChI=1S/C11H16F3NO4/c12-11(13,14)7-19-6-9(16)15-3-1-2-8(5-15)4-10(17)18/h8H,1-7H2,(H,17,18). The Bertz CT molecular complexity index is 332. The van der Waals surface area contributed by atoms with Crippen LogP contribution in [-0.4, -0.2) is 54.4 Å². The molecular weight excluding hydrogens is 267 g/mol. The Kier molecular flexibility index (Phi) is 5.59. The van der Waals surface area contributed by atoms with Gasteiger partial charge in [0, 0.05) is 19.5 Å². The zero-order chi connectivity index (χ0) is 14.5. The second-order valence-corrected chi connectivity index (χ2v) is 4.55. The lowest BCUT2D eigenvalue weighted by Gasteiger charge is -2.32. The Balaban J connectivity index is 2.33. The SMILES string of the molecule is O=C(O)CC1CCCN(C(=O)COCC(F)(F)F)C1. The molecule has 0 aromatic carbocycles. The van der Waals surface area contributed by atoms with Crippen molar-refractivity contribution < 1.29 is 32.6 Å². The molecule has 8 heteroatoms. The van der Waals surface area contributed by atoms with Gasteiger partial charge in [-0.15, -0.1) is 0 Å². The van der Waals surface area contributed by atoms with Crippen LogP contribution in [0.25, 0.3) is 0 Å². The average molecular weight is 283 g/mol. The number of alkyl halides is 3. The molecule has 19 heavy (non-hydrogen) atoms. The summed E-state index contributed by atoms with van der Waals surface area (Å²) in [6, 6.07) is 0. The van der Waals surface area contributed by atoms with Crippen molar-refractivity contribution in [1.82, 2.24) is 4.90 Å². The average Bonchev–Trinajstić information content (AvgIpc) is 2.26. The molecule has 1 atom stereocenters. The highest BCUT2D eigenvalue weighted by Gasteiger charge is 2.29. The van der Waals surface area contributed by atoms with Crippen LogP contribution in [0.4, 0.5) is 13.2 Å². The summed E-state index contributed by atoms with van der Waals surface area (Å²) >= 11 is 0. The predicted octanol–water partition coefficient (Wildman–Crippen LogP) is 1.28. The van der Waals surface area contributed by atoms with E-state index in [0.29, 0.717) is 19.4 Å². The Morgan fingerprint density at radius 1 is 1.37 bits per heavy atom. The molecule has 1 N–H and O–H groups in total. The van der Waals surface area contributed by atoms with Crippen LogP contribution in [0.5, 0.6) is 0 Å². The number of hydrogen-bond donors (Lipinski definition) is 1. The van der Waals surface area contributed by atoms with E-state index in [1.165, 1.54) is 4.90 Å². The van der Waals surface area contributed by atoms with Gasteiger partial charge >= 0.3 is 12.1 Å². The topological polar surface area (TPSA) is 66.8 Å². The number of rotatable bonds is 5. The number of carboxylic acids is 1. The molecule has 1 rings (SSSR count). The van der Waals surface area contributed by atoms with Gasteiger partial charge in [-0.25, -0.2) is 0 Å². The number of nitrogens with zero attached hydrogens (tertiary/aromatic N) is 1. The zero-order valence-electron chi connectivity index (χ0n) is 10.3. The Morgan fingerprint density at radius 3 is 2.63 bits per heavy atom. The van der Waals surface area contributed by atoms with Crippen molar-refractivity contribution in [2.45, 2.75) is 25.4 Å². The summed E-state index contributed by atoms with van der Waals surface area (Å²) in [5, 5.41) is 8.67. The molecule has 0 radical (unpaired) electrons. The normalized spacial score (nSPS) is 20.4. The van der Waals surface area contributed by atoms with E-state index < -0.39 is 31.3 Å². The first kappa shape index (κ1) is 15.7. The third kappa shape index (κ3) is 6.42. The largest absolute Gasteiger partial charge is 0.481 e. The van der Waals surface area contributed by atoms with Gasteiger partial charge in [-0.3, -0.25) is 9.59 Å². The van der Waals surface area contributed by atoms with Gasteiger partial charge in [0.2, 0.25) is 5.91 Å². The van der Waals surface area contributed by atoms with E-state index in [4.69, 9.17) is 5.11 Å². The summed E-state index contributed by atoms with van der Waals surface area (Å²) in [7, 11) is 0. The Morgan fingerprint density at radius 2 is 2.05 bits per heavy atom. The second-order valence-electron chi connectivity index (χ2n) is 4.55. The molecule has 1 saturated heterocycles. The molecule has 1 heterocycles. The van der Waals surface area contributed by atoms with Crippen LogP contribution in [0, 0.1) is 5.92 Å². The zero-order valence-corrected chi connectivity index (χ0v) is 10.3. The van der Waals surface area contributed by atoms with Crippen LogP contribution in [0.1, 0.15) is 19.3 Å². The number of amides is 1. The lowest BCUT2D eigenvalue weighted by atomic mass is 9.95. The molecule has 5 nitrogen and oxygen atoms in total. The highest BCUT2D eigenvalue weighted by atomic mass is 19.4. The molecule has 0 saturated carbocycles. The first-order chi connectivity index (χ1) is 8.78. The number of hydrogen-bond acceptors (Lipinski definition) is 3. The third-order valence-corrected chi connectivity index (χ3v) is 2.83. The molecule has 1 unspecified atom stereocenters. The maximum Gasteiger partial charge on any atom is 0.411 e. The number of likely N-dealkylation sites (tertiary alicyclic amines) is 1. The monoisotopic (exact) mass is 283 g/mol. The minimum atomic E-state index is -4.45. The maximum absolute atomic E-state index is 11.8. The van der Waals surface area contributed by atoms with E-state index in [1.807, 2.05) is 0 Å². The minimum Gasteiger partial charge on any atom is -0.481 e. The number of piperidine rings is 1. The highest BCUT2D eigenvalue weighted by Crippen LogP contribution is 2.20. The summed E-state index contributed by atoms with van der Waals surface area (Å²) < 4.78 is 39.8. The first-order valence-electron chi connectivity index (χ1n) is 5.92. The Hall–Kier alpha value is -1.31. The number of ether oxygens (including phenoxy) is 1. The lowest BCUT2D eigenvalue weighted by molar-refractivity contribution is -0.178. The van der Waals surface area contributed by atoms with Crippen molar-refractivity contribution in [2.24, 2.45) is 5.92 Å². The molecule has 0 spiro atoms. The third-order valence-electron chi connectivity index (χ3n) is 2.83. The van der Waals surface area contributed by atoms with Crippen molar-refractivity contribution in [3.05, 3.63) is 0 Å². The summed E-state index contributed by atoms with van der Waals surface area (Å²) in [5.41, 5.74) is 0. The highest BCUT2D eigenvalue weighted by molar-refractivity contribution is 5.77. The van der Waals surface area contributed by atoms with Gasteiger partial charge in [-0.1, -0.05) is 0 Å². The van der Waals surface area contributed by atoms with E-state index >= 15 is 0 Å². The lowest BCUT2D eigenvalue weighted by Crippen LogP contribution is -2.42. The summed E-state index contributed by atoms with van der Waals surface area (Å²) in [6.07, 6.45) is -3.12. The summed E-state index contributed by atoms with van der Waals surface area (Å²) in [4.78, 5) is 23.5. The second kappa shape index (κ2) is 6.74. The van der Waals surface area contributed by atoms with Gasteiger partial charge in [0.25, 0.3) is 0 Å². The summed E-state index contributed by atoms with van der Waals surface area (Å²) in [5.74, 6) is -1.61. The number of aliphatic carboxylic acids is 1. The number of carbonyl (C=O) groups is 2. The van der Waals surface area contributed by atoms with Crippen LogP contribution in [0.2, 0.25) is 0 Å². The van der Waals surface area contributed by atoms with Crippen molar-refractivity contribution in [1.29, 1.82) is 0 Å². The van der Waals surface area contributed by atoms with Crippen molar-refractivity contribution in [3.63, 3.8) is 0 Å². The smallest absolute Gasteiger partial charge is 0.411 e. The number of carboxylic acid groups (broad SMARTS) is 1. The maximum atomic E-state index is 11.8. The molecule has 1 amide bonds. The van der Waals surface area contributed by atoms with Gasteiger partial charge in [0.15, 0.2) is 0 Å². The fourth-order valence-corrected chi connectivity index (χ4v) is 2.05. The predicted molar refractivity (Wildman–Crippen MR) is 58.4 cm³/mol. The van der Waals surface area contributed by atoms with Crippen LogP contribution in [-0.2, 0) is 14.3 Å². The quantitative estimate of drug-likeness (QED) is 0.825. The number of halogens is 3. The van der Waals surface area contributed by atoms with E-state index in [9.17, 15) is 22.8 Å². The molecule has 0 aromatic heterocycles. The van der Waals surface area contributed by atoms with Crippen LogP contribution in [0.15, 0.2) is 0 Å². The van der Waals surface area contributed by atoms with Gasteiger partial charge in [0.1, 0.15) is 13.2 Å². The fraction of sp³-hybridized carbons (Fsp3) is 0.818. The van der Waals surface area contributed by atoms with E-state index in [-0.39, 0.29) is 18.9 Å². The van der Waals surface area contributed by atoms with Crippen LogP contribution >= 0.6 is 0 Å². The van der Waals surface area contributed by atoms with Gasteiger partial charge < -0.3 is 14.7 Å². The van der Waals surface area contributed by atoms with E-state index in [2.05, 4.69) is 4.74 Å². The van der Waals surface area contributed by atoms with E-state index in [0.717, 1.165) is 0 Å². The Labute approximate surface area is 108 Å². The molecule has 1 aliphatic rings. The minimum absolute atomic E-state index is 0.0345. The molecular formula is C11H16F3NO4. The fourth-order valence-electron chi connectivity index (χ4n) is 2.05. The molecule has 0 bridgehead atoms. The van der Waals surface area contributed by atoms with Crippen molar-refractivity contribution >= 4 is 11.9 Å². The summed E-state index contributed by atoms with van der Waals surface area (Å²) in [6.45, 7) is -1.38. The van der Waals surface area contributed by atoms with Crippen molar-refractivity contribution in [3.8, 4) is 0 Å². The van der Waals surface area contributed by atoms with Gasteiger partial charge in [0.05, 0.1) is 0 Å². The van der Waals surface area contributed by atoms with Gasteiger partial charge in [-0.05, 0) is 18.8 Å². The van der Waals surface area contributed by atoms with Crippen LogP contribution < -0.4 is 0 Å². The van der Waals surface area contributed by atoms with E-state index in [1.54, 1.807) is 0 Å². The molecule has 110 valence electrons. The van der Waals surface area contributed by atoms with Gasteiger partial charge in [-0.2, -0.15) is 13.2 Å². The molecule has 0 aliphatic carbocycles. The van der Waals surface area contributed by atoms with Crippen LogP contribution in [0.3, 0.4) is 0 Å². The van der Waals surface area contributed by atoms with Crippen molar-refractivity contribution in [2.75, 3.05) is 26.3 Å². The molecule has 0 aromatic rings.